The van der Waals surface area contributed by atoms with Crippen LogP contribution in [0.5, 0.6) is 5.75 Å². The lowest BCUT2D eigenvalue weighted by Gasteiger charge is -2.43. The van der Waals surface area contributed by atoms with Crippen molar-refractivity contribution in [1.29, 1.82) is 0 Å². The molecule has 0 radical (unpaired) electrons. The van der Waals surface area contributed by atoms with E-state index >= 15 is 0 Å². The second kappa shape index (κ2) is 10.1. The van der Waals surface area contributed by atoms with Gasteiger partial charge in [0.1, 0.15) is 5.75 Å². The number of piperidine rings is 1. The number of rotatable bonds is 6. The maximum absolute atomic E-state index is 13.3. The number of benzene rings is 1. The number of aromatic nitrogens is 2. The molecule has 9 heteroatoms. The molecular formula is C24H31ClN4O4. The van der Waals surface area contributed by atoms with Crippen molar-refractivity contribution in [3.63, 3.8) is 0 Å². The van der Waals surface area contributed by atoms with E-state index in [0.717, 1.165) is 12.8 Å². The number of hydrogen-bond acceptors (Lipinski definition) is 5. The van der Waals surface area contributed by atoms with Gasteiger partial charge in [0, 0.05) is 56.3 Å². The average Bonchev–Trinajstić information content (AvgIpc) is 3.16. The summed E-state index contributed by atoms with van der Waals surface area (Å²) in [5.74, 6) is 0.693. The van der Waals surface area contributed by atoms with Gasteiger partial charge in [-0.05, 0) is 38.0 Å². The third-order valence-electron chi connectivity index (χ3n) is 6.42. The molecule has 0 spiro atoms. The summed E-state index contributed by atoms with van der Waals surface area (Å²) >= 11 is 6.12. The van der Waals surface area contributed by atoms with E-state index < -0.39 is 5.41 Å². The number of aryl methyl sites for hydroxylation is 2. The van der Waals surface area contributed by atoms with Gasteiger partial charge in [-0.1, -0.05) is 17.7 Å². The smallest absolute Gasteiger partial charge is 0.257 e. The molecule has 1 unspecified atom stereocenters. The summed E-state index contributed by atoms with van der Waals surface area (Å²) in [6, 6.07) is 7.26. The van der Waals surface area contributed by atoms with Crippen LogP contribution in [0, 0.1) is 12.3 Å². The average molecular weight is 475 g/mol. The molecule has 1 atom stereocenters. The quantitative estimate of drug-likeness (QED) is 0.643. The van der Waals surface area contributed by atoms with Gasteiger partial charge >= 0.3 is 0 Å². The number of nitrogens with zero attached hydrogens (tertiary/aromatic N) is 4. The van der Waals surface area contributed by atoms with Crippen molar-refractivity contribution in [1.82, 2.24) is 19.6 Å². The summed E-state index contributed by atoms with van der Waals surface area (Å²) < 4.78 is 13.2. The summed E-state index contributed by atoms with van der Waals surface area (Å²) in [4.78, 5) is 30.3. The molecule has 0 bridgehead atoms. The summed E-state index contributed by atoms with van der Waals surface area (Å²) in [6.07, 6.45) is 3.69. The predicted octanol–water partition coefficient (Wildman–Crippen LogP) is 2.93. The third kappa shape index (κ3) is 5.68. The molecule has 33 heavy (non-hydrogen) atoms. The third-order valence-corrected chi connectivity index (χ3v) is 6.66. The molecule has 8 nitrogen and oxygen atoms in total. The lowest BCUT2D eigenvalue weighted by atomic mass is 9.77. The van der Waals surface area contributed by atoms with Crippen LogP contribution in [0.25, 0.3) is 0 Å². The van der Waals surface area contributed by atoms with Gasteiger partial charge in [0.15, 0.2) is 0 Å². The fourth-order valence-corrected chi connectivity index (χ4v) is 4.89. The minimum absolute atomic E-state index is 0.0498. The summed E-state index contributed by atoms with van der Waals surface area (Å²) in [5, 5.41) is 4.91. The molecule has 2 aliphatic rings. The number of morpholine rings is 1. The largest absolute Gasteiger partial charge is 0.493 e. The molecule has 2 amide bonds. The van der Waals surface area contributed by atoms with Gasteiger partial charge in [-0.3, -0.25) is 14.3 Å². The summed E-state index contributed by atoms with van der Waals surface area (Å²) in [5.41, 5.74) is 0.823. The molecule has 0 aliphatic carbocycles. The Bertz CT molecular complexity index is 1000. The molecule has 1 aromatic carbocycles. The van der Waals surface area contributed by atoms with Crippen LogP contribution >= 0.6 is 11.6 Å². The van der Waals surface area contributed by atoms with Crippen LogP contribution in [0.3, 0.4) is 0 Å². The molecule has 0 N–H and O–H groups in total. The van der Waals surface area contributed by atoms with Gasteiger partial charge in [0.2, 0.25) is 5.91 Å². The highest BCUT2D eigenvalue weighted by atomic mass is 35.5. The minimum Gasteiger partial charge on any atom is -0.493 e. The first-order valence-electron chi connectivity index (χ1n) is 11.4. The second-order valence-electron chi connectivity index (χ2n) is 9.05. The molecule has 2 aromatic rings. The number of likely N-dealkylation sites (tertiary alicyclic amines) is 1. The first-order valence-corrected chi connectivity index (χ1v) is 11.8. The van der Waals surface area contributed by atoms with Gasteiger partial charge in [0.25, 0.3) is 5.91 Å². The predicted molar refractivity (Wildman–Crippen MR) is 124 cm³/mol. The van der Waals surface area contributed by atoms with Crippen molar-refractivity contribution >= 4 is 23.4 Å². The van der Waals surface area contributed by atoms with Gasteiger partial charge in [-0.25, -0.2) is 0 Å². The normalized spacial score (nSPS) is 21.2. The first kappa shape index (κ1) is 23.6. The standard InChI is InChI=1S/C24H31ClN4O4/c1-18-21(15-27(2)26-18)23(31)29-8-4-7-24(16-29,14-22(30)28-9-11-32-12-10-28)17-33-20-6-3-5-19(25)13-20/h3,5-6,13,15H,4,7-12,14,16-17H2,1-2H3. The molecule has 2 aliphatic heterocycles. The molecule has 2 fully saturated rings. The molecular weight excluding hydrogens is 444 g/mol. The Morgan fingerprint density at radius 2 is 2.00 bits per heavy atom. The van der Waals surface area contributed by atoms with Crippen LogP contribution in [0.15, 0.2) is 30.5 Å². The van der Waals surface area contributed by atoms with E-state index in [1.807, 2.05) is 35.9 Å². The first-order chi connectivity index (χ1) is 15.8. The Labute approximate surface area is 199 Å². The minimum atomic E-state index is -0.484. The van der Waals surface area contributed by atoms with Crippen molar-refractivity contribution in [2.45, 2.75) is 26.2 Å². The maximum atomic E-state index is 13.3. The molecule has 1 aromatic heterocycles. The van der Waals surface area contributed by atoms with E-state index in [2.05, 4.69) is 5.10 Å². The monoisotopic (exact) mass is 474 g/mol. The Morgan fingerprint density at radius 1 is 1.21 bits per heavy atom. The molecule has 0 saturated carbocycles. The zero-order valence-corrected chi connectivity index (χ0v) is 20.0. The van der Waals surface area contributed by atoms with Crippen molar-refractivity contribution < 1.29 is 19.1 Å². The summed E-state index contributed by atoms with van der Waals surface area (Å²) in [6.45, 7) is 5.59. The van der Waals surface area contributed by atoms with Gasteiger partial charge in [-0.15, -0.1) is 0 Å². The van der Waals surface area contributed by atoms with Crippen molar-refractivity contribution in [2.24, 2.45) is 12.5 Å². The van der Waals surface area contributed by atoms with Crippen LogP contribution in [-0.4, -0.2) is 77.4 Å². The van der Waals surface area contributed by atoms with E-state index in [4.69, 9.17) is 21.1 Å². The zero-order valence-electron chi connectivity index (χ0n) is 19.3. The van der Waals surface area contributed by atoms with Crippen molar-refractivity contribution in [2.75, 3.05) is 46.0 Å². The Kier molecular flexibility index (Phi) is 7.24. The van der Waals surface area contributed by atoms with Crippen LogP contribution in [-0.2, 0) is 16.6 Å². The van der Waals surface area contributed by atoms with E-state index in [-0.39, 0.29) is 11.8 Å². The van der Waals surface area contributed by atoms with E-state index in [0.29, 0.717) is 74.5 Å². The topological polar surface area (TPSA) is 76.9 Å². The number of amides is 2. The van der Waals surface area contributed by atoms with Crippen LogP contribution in [0.1, 0.15) is 35.3 Å². The molecule has 3 heterocycles. The SMILES string of the molecule is Cc1nn(C)cc1C(=O)N1CCCC(COc2cccc(Cl)c2)(CC(=O)N2CCOCC2)C1. The zero-order chi connectivity index (χ0) is 23.4. The summed E-state index contributed by atoms with van der Waals surface area (Å²) in [7, 11) is 1.81. The van der Waals surface area contributed by atoms with E-state index in [1.165, 1.54) is 0 Å². The Hall–Kier alpha value is -2.58. The number of carbonyl (C=O) groups is 2. The highest BCUT2D eigenvalue weighted by Gasteiger charge is 2.41. The van der Waals surface area contributed by atoms with Crippen LogP contribution in [0.2, 0.25) is 5.02 Å². The molecule has 2 saturated heterocycles. The highest BCUT2D eigenvalue weighted by molar-refractivity contribution is 6.30. The van der Waals surface area contributed by atoms with E-state index in [9.17, 15) is 9.59 Å². The van der Waals surface area contributed by atoms with E-state index in [1.54, 1.807) is 23.0 Å². The Balaban J connectivity index is 1.54. The maximum Gasteiger partial charge on any atom is 0.257 e. The van der Waals surface area contributed by atoms with Gasteiger partial charge < -0.3 is 19.3 Å². The van der Waals surface area contributed by atoms with Crippen molar-refractivity contribution in [3.8, 4) is 5.75 Å². The van der Waals surface area contributed by atoms with Crippen LogP contribution < -0.4 is 4.74 Å². The fraction of sp³-hybridized carbons (Fsp3) is 0.542. The lowest BCUT2D eigenvalue weighted by Crippen LogP contribution is -2.52. The fourth-order valence-electron chi connectivity index (χ4n) is 4.71. The molecule has 178 valence electrons. The number of halogens is 1. The Morgan fingerprint density at radius 3 is 2.70 bits per heavy atom. The highest BCUT2D eigenvalue weighted by Crippen LogP contribution is 2.36. The number of ether oxygens (including phenoxy) is 2. The van der Waals surface area contributed by atoms with Crippen LogP contribution in [0.4, 0.5) is 0 Å². The van der Waals surface area contributed by atoms with Gasteiger partial charge in [-0.2, -0.15) is 5.10 Å². The number of carbonyl (C=O) groups excluding carboxylic acids is 2. The molecule has 4 rings (SSSR count). The number of hydrogen-bond donors (Lipinski definition) is 0. The van der Waals surface area contributed by atoms with Gasteiger partial charge in [0.05, 0.1) is 31.1 Å². The lowest BCUT2D eigenvalue weighted by molar-refractivity contribution is -0.139. The van der Waals surface area contributed by atoms with Crippen molar-refractivity contribution in [3.05, 3.63) is 46.7 Å². The second-order valence-corrected chi connectivity index (χ2v) is 9.48.